The third-order valence-electron chi connectivity index (χ3n) is 2.60. The normalized spacial score (nSPS) is 17.7. The average molecular weight is 210 g/mol. The van der Waals surface area contributed by atoms with E-state index in [9.17, 15) is 4.79 Å². The SMILES string of the molecule is COC(=O)c1coc(C2CCNCC2)n1. The molecule has 0 bridgehead atoms. The number of ether oxygens (including phenoxy) is 1. The van der Waals surface area contributed by atoms with Gasteiger partial charge in [-0.15, -0.1) is 0 Å². The van der Waals surface area contributed by atoms with Crippen LogP contribution in [0.5, 0.6) is 0 Å². The van der Waals surface area contributed by atoms with Crippen LogP contribution in [-0.2, 0) is 4.74 Å². The standard InChI is InChI=1S/C10H14N2O3/c1-14-10(13)8-6-15-9(12-8)7-2-4-11-5-3-7/h6-7,11H,2-5H2,1H3. The van der Waals surface area contributed by atoms with Gasteiger partial charge in [0, 0.05) is 5.92 Å². The predicted molar refractivity (Wildman–Crippen MR) is 52.7 cm³/mol. The summed E-state index contributed by atoms with van der Waals surface area (Å²) in [6, 6.07) is 0. The van der Waals surface area contributed by atoms with Crippen LogP contribution >= 0.6 is 0 Å². The van der Waals surface area contributed by atoms with Crippen LogP contribution in [0.4, 0.5) is 0 Å². The molecule has 0 spiro atoms. The summed E-state index contributed by atoms with van der Waals surface area (Å²) < 4.78 is 9.85. The molecule has 0 radical (unpaired) electrons. The van der Waals surface area contributed by atoms with E-state index in [1.807, 2.05) is 0 Å². The predicted octanol–water partition coefficient (Wildman–Crippen LogP) is 0.928. The summed E-state index contributed by atoms with van der Waals surface area (Å²) in [5, 5.41) is 3.26. The summed E-state index contributed by atoms with van der Waals surface area (Å²) in [6.07, 6.45) is 3.37. The molecule has 0 aromatic carbocycles. The summed E-state index contributed by atoms with van der Waals surface area (Å²) in [5.74, 6) is 0.528. The minimum absolute atomic E-state index is 0.256. The fourth-order valence-electron chi connectivity index (χ4n) is 1.74. The van der Waals surface area contributed by atoms with Gasteiger partial charge in [-0.25, -0.2) is 9.78 Å². The highest BCUT2D eigenvalue weighted by Crippen LogP contribution is 2.24. The van der Waals surface area contributed by atoms with Crippen molar-refractivity contribution >= 4 is 5.97 Å². The number of hydrogen-bond acceptors (Lipinski definition) is 5. The molecule has 2 heterocycles. The van der Waals surface area contributed by atoms with Crippen LogP contribution in [0, 0.1) is 0 Å². The van der Waals surface area contributed by atoms with Crippen molar-refractivity contribution in [2.24, 2.45) is 0 Å². The second-order valence-corrected chi connectivity index (χ2v) is 3.59. The molecule has 1 N–H and O–H groups in total. The number of esters is 1. The molecule has 1 aromatic heterocycles. The molecule has 1 aliphatic rings. The van der Waals surface area contributed by atoms with Crippen LogP contribution in [0.2, 0.25) is 0 Å². The quantitative estimate of drug-likeness (QED) is 0.735. The third kappa shape index (κ3) is 2.18. The molecule has 1 aromatic rings. The Labute approximate surface area is 87.8 Å². The summed E-state index contributed by atoms with van der Waals surface area (Å²) >= 11 is 0. The van der Waals surface area contributed by atoms with E-state index in [2.05, 4.69) is 15.0 Å². The van der Waals surface area contributed by atoms with E-state index in [1.54, 1.807) is 0 Å². The molecule has 0 saturated carbocycles. The molecule has 0 amide bonds. The molecule has 1 saturated heterocycles. The second kappa shape index (κ2) is 4.44. The molecule has 15 heavy (non-hydrogen) atoms. The van der Waals surface area contributed by atoms with Gasteiger partial charge in [0.05, 0.1) is 7.11 Å². The van der Waals surface area contributed by atoms with Crippen molar-refractivity contribution in [3.05, 3.63) is 17.8 Å². The van der Waals surface area contributed by atoms with Crippen LogP contribution in [-0.4, -0.2) is 31.2 Å². The Morgan fingerprint density at radius 2 is 2.33 bits per heavy atom. The maximum absolute atomic E-state index is 11.2. The lowest BCUT2D eigenvalue weighted by molar-refractivity contribution is 0.0594. The Morgan fingerprint density at radius 3 is 3.00 bits per heavy atom. The number of piperidine rings is 1. The van der Waals surface area contributed by atoms with Gasteiger partial charge in [0.15, 0.2) is 11.6 Å². The minimum atomic E-state index is -0.445. The van der Waals surface area contributed by atoms with E-state index in [-0.39, 0.29) is 5.69 Å². The van der Waals surface area contributed by atoms with Crippen LogP contribution in [0.25, 0.3) is 0 Å². The van der Waals surface area contributed by atoms with Crippen LogP contribution < -0.4 is 5.32 Å². The lowest BCUT2D eigenvalue weighted by Gasteiger charge is -2.19. The van der Waals surface area contributed by atoms with Crippen molar-refractivity contribution in [3.63, 3.8) is 0 Å². The first-order valence-corrected chi connectivity index (χ1v) is 5.05. The highest BCUT2D eigenvalue weighted by Gasteiger charge is 2.21. The first kappa shape index (κ1) is 10.2. The van der Waals surface area contributed by atoms with Gasteiger partial charge in [0.1, 0.15) is 6.26 Å². The molecule has 82 valence electrons. The van der Waals surface area contributed by atoms with E-state index < -0.39 is 5.97 Å². The van der Waals surface area contributed by atoms with Gasteiger partial charge in [0.25, 0.3) is 0 Å². The number of nitrogens with one attached hydrogen (secondary N) is 1. The molecule has 1 aliphatic heterocycles. The highest BCUT2D eigenvalue weighted by molar-refractivity contribution is 5.86. The van der Waals surface area contributed by atoms with Crippen LogP contribution in [0.1, 0.15) is 35.1 Å². The van der Waals surface area contributed by atoms with Crippen molar-refractivity contribution in [2.75, 3.05) is 20.2 Å². The van der Waals surface area contributed by atoms with Gasteiger partial charge in [0.2, 0.25) is 0 Å². The van der Waals surface area contributed by atoms with Gasteiger partial charge < -0.3 is 14.5 Å². The average Bonchev–Trinajstić information content (AvgIpc) is 2.78. The maximum Gasteiger partial charge on any atom is 0.360 e. The molecule has 5 nitrogen and oxygen atoms in total. The lowest BCUT2D eigenvalue weighted by atomic mass is 9.98. The monoisotopic (exact) mass is 210 g/mol. The number of methoxy groups -OCH3 is 1. The first-order valence-electron chi connectivity index (χ1n) is 5.05. The smallest absolute Gasteiger partial charge is 0.360 e. The number of aromatic nitrogens is 1. The Hall–Kier alpha value is -1.36. The zero-order valence-corrected chi connectivity index (χ0v) is 8.66. The van der Waals surface area contributed by atoms with Gasteiger partial charge >= 0.3 is 5.97 Å². The topological polar surface area (TPSA) is 64.4 Å². The van der Waals surface area contributed by atoms with Gasteiger partial charge in [-0.05, 0) is 25.9 Å². The van der Waals surface area contributed by atoms with E-state index in [1.165, 1.54) is 13.4 Å². The largest absolute Gasteiger partial charge is 0.464 e. The fourth-order valence-corrected chi connectivity index (χ4v) is 1.74. The minimum Gasteiger partial charge on any atom is -0.464 e. The van der Waals surface area contributed by atoms with E-state index in [4.69, 9.17) is 4.42 Å². The highest BCUT2D eigenvalue weighted by atomic mass is 16.5. The third-order valence-corrected chi connectivity index (χ3v) is 2.60. The Morgan fingerprint density at radius 1 is 1.60 bits per heavy atom. The number of oxazole rings is 1. The summed E-state index contributed by atoms with van der Waals surface area (Å²) in [7, 11) is 1.33. The first-order chi connectivity index (χ1) is 7.31. The summed E-state index contributed by atoms with van der Waals surface area (Å²) in [4.78, 5) is 15.3. The number of hydrogen-bond donors (Lipinski definition) is 1. The number of carbonyl (C=O) groups excluding carboxylic acids is 1. The van der Waals surface area contributed by atoms with Crippen molar-refractivity contribution in [1.82, 2.24) is 10.3 Å². The maximum atomic E-state index is 11.2. The fraction of sp³-hybridized carbons (Fsp3) is 0.600. The molecular formula is C10H14N2O3. The molecule has 0 unspecified atom stereocenters. The Balaban J connectivity index is 2.08. The number of rotatable bonds is 2. The molecule has 0 atom stereocenters. The van der Waals surface area contributed by atoms with Gasteiger partial charge in [-0.2, -0.15) is 0 Å². The molecule has 0 aliphatic carbocycles. The summed E-state index contributed by atoms with van der Waals surface area (Å²) in [6.45, 7) is 1.95. The Bertz CT molecular complexity index is 342. The van der Waals surface area contributed by atoms with E-state index in [0.29, 0.717) is 11.8 Å². The molecule has 5 heteroatoms. The Kier molecular flexibility index (Phi) is 3.01. The van der Waals surface area contributed by atoms with Crippen LogP contribution in [0.15, 0.2) is 10.7 Å². The molecule has 2 rings (SSSR count). The summed E-state index contributed by atoms with van der Waals surface area (Å²) in [5.41, 5.74) is 0.256. The van der Waals surface area contributed by atoms with Crippen molar-refractivity contribution < 1.29 is 13.9 Å². The van der Waals surface area contributed by atoms with E-state index in [0.717, 1.165) is 25.9 Å². The lowest BCUT2D eigenvalue weighted by Crippen LogP contribution is -2.26. The van der Waals surface area contributed by atoms with Gasteiger partial charge in [-0.1, -0.05) is 0 Å². The zero-order chi connectivity index (χ0) is 10.7. The molecular weight excluding hydrogens is 196 g/mol. The van der Waals surface area contributed by atoms with E-state index >= 15 is 0 Å². The van der Waals surface area contributed by atoms with Gasteiger partial charge in [-0.3, -0.25) is 0 Å². The second-order valence-electron chi connectivity index (χ2n) is 3.59. The van der Waals surface area contributed by atoms with Crippen molar-refractivity contribution in [1.29, 1.82) is 0 Å². The number of nitrogens with zero attached hydrogens (tertiary/aromatic N) is 1. The number of carbonyl (C=O) groups is 1. The zero-order valence-electron chi connectivity index (χ0n) is 8.66. The van der Waals surface area contributed by atoms with Crippen molar-refractivity contribution in [2.45, 2.75) is 18.8 Å². The molecule has 1 fully saturated rings. The van der Waals surface area contributed by atoms with Crippen LogP contribution in [0.3, 0.4) is 0 Å². The van der Waals surface area contributed by atoms with Crippen molar-refractivity contribution in [3.8, 4) is 0 Å².